The second kappa shape index (κ2) is 4.27. The molecular weight excluding hydrogens is 142 g/mol. The number of hydrogen-bond donors (Lipinski definition) is 2. The number of rotatable bonds is 4. The molecule has 11 heavy (non-hydrogen) atoms. The molecule has 0 aromatic carbocycles. The van der Waals surface area contributed by atoms with Gasteiger partial charge >= 0.3 is 0 Å². The normalized spacial score (nSPS) is 11.4. The van der Waals surface area contributed by atoms with Gasteiger partial charge in [-0.05, 0) is 12.8 Å². The summed E-state index contributed by atoms with van der Waals surface area (Å²) in [4.78, 5) is 14.1. The van der Waals surface area contributed by atoms with E-state index in [1.807, 2.05) is 0 Å². The average Bonchev–Trinajstić information content (AvgIpc) is 1.99. The van der Waals surface area contributed by atoms with Gasteiger partial charge in [0.1, 0.15) is 5.70 Å². The van der Waals surface area contributed by atoms with Gasteiger partial charge in [0.25, 0.3) is 5.91 Å². The highest BCUT2D eigenvalue weighted by Gasteiger charge is 2.05. The average molecular weight is 153 g/mol. The Morgan fingerprint density at radius 2 is 2.27 bits per heavy atom. The zero-order valence-corrected chi connectivity index (χ0v) is 6.42. The Morgan fingerprint density at radius 1 is 1.73 bits per heavy atom. The van der Waals surface area contributed by atoms with Crippen molar-refractivity contribution >= 4 is 12.6 Å². The molecular formula is C7H11N3O. The van der Waals surface area contributed by atoms with Crippen molar-refractivity contribution < 1.29 is 4.79 Å². The summed E-state index contributed by atoms with van der Waals surface area (Å²) in [7, 11) is 1.64. The highest BCUT2D eigenvalue weighted by Crippen LogP contribution is 2.01. The molecule has 60 valence electrons. The Kier molecular flexibility index (Phi) is 3.66. The minimum absolute atomic E-state index is 0.0995. The molecule has 0 radical (unpaired) electrons. The number of primary amides is 1. The highest BCUT2D eigenvalue weighted by atomic mass is 16.1. The van der Waals surface area contributed by atoms with E-state index in [2.05, 4.69) is 23.6 Å². The van der Waals surface area contributed by atoms with Gasteiger partial charge < -0.3 is 11.1 Å². The Bertz CT molecular complexity index is 218. The summed E-state index contributed by atoms with van der Waals surface area (Å²) in [6, 6.07) is 0. The van der Waals surface area contributed by atoms with Crippen LogP contribution in [0.4, 0.5) is 0 Å². The van der Waals surface area contributed by atoms with Crippen LogP contribution in [-0.4, -0.2) is 19.7 Å². The second-order valence-electron chi connectivity index (χ2n) is 1.74. The molecule has 0 saturated heterocycles. The van der Waals surface area contributed by atoms with Crippen LogP contribution in [-0.2, 0) is 4.79 Å². The van der Waals surface area contributed by atoms with Gasteiger partial charge in [-0.2, -0.15) is 0 Å². The number of hydrogen-bond acceptors (Lipinski definition) is 3. The minimum Gasteiger partial charge on any atom is -0.386 e. The van der Waals surface area contributed by atoms with Crippen LogP contribution >= 0.6 is 0 Å². The van der Waals surface area contributed by atoms with Gasteiger partial charge in [0.2, 0.25) is 0 Å². The van der Waals surface area contributed by atoms with Gasteiger partial charge in [-0.3, -0.25) is 9.79 Å². The summed E-state index contributed by atoms with van der Waals surface area (Å²) < 4.78 is 0. The van der Waals surface area contributed by atoms with E-state index in [9.17, 15) is 4.79 Å². The van der Waals surface area contributed by atoms with E-state index in [0.29, 0.717) is 5.70 Å². The minimum atomic E-state index is -0.621. The second-order valence-corrected chi connectivity index (χ2v) is 1.74. The summed E-state index contributed by atoms with van der Waals surface area (Å²) in [5.41, 5.74) is 5.56. The fourth-order valence-corrected chi connectivity index (χ4v) is 0.613. The van der Waals surface area contributed by atoms with Crippen LogP contribution in [0.5, 0.6) is 0 Å². The first-order valence-corrected chi connectivity index (χ1v) is 2.98. The number of aliphatic imine (C=N–C) groups is 1. The first-order chi connectivity index (χ1) is 5.17. The molecule has 0 fully saturated rings. The fraction of sp³-hybridized carbons (Fsp3) is 0.143. The molecule has 0 spiro atoms. The number of nitrogens with one attached hydrogen (secondary N) is 1. The van der Waals surface area contributed by atoms with Crippen molar-refractivity contribution in [2.75, 3.05) is 7.05 Å². The lowest BCUT2D eigenvalue weighted by Gasteiger charge is -2.02. The quantitative estimate of drug-likeness (QED) is 0.333. The van der Waals surface area contributed by atoms with E-state index in [4.69, 9.17) is 5.73 Å². The van der Waals surface area contributed by atoms with Crippen molar-refractivity contribution in [1.29, 1.82) is 0 Å². The van der Waals surface area contributed by atoms with Crippen LogP contribution in [0.2, 0.25) is 0 Å². The molecule has 0 bridgehead atoms. The summed E-state index contributed by atoms with van der Waals surface area (Å²) in [6.45, 7) is 6.67. The van der Waals surface area contributed by atoms with E-state index in [1.54, 1.807) is 7.05 Å². The number of nitrogens with zero attached hydrogens (tertiary/aromatic N) is 1. The molecule has 0 unspecified atom stereocenters. The molecule has 0 aromatic rings. The molecule has 0 heterocycles. The Balaban J connectivity index is 4.92. The van der Waals surface area contributed by atoms with Gasteiger partial charge in [-0.1, -0.05) is 6.58 Å². The van der Waals surface area contributed by atoms with Gasteiger partial charge in [0.05, 0.1) is 5.70 Å². The van der Waals surface area contributed by atoms with Crippen LogP contribution in [0.1, 0.15) is 0 Å². The number of carbonyl (C=O) groups is 1. The van der Waals surface area contributed by atoms with Crippen molar-refractivity contribution in [2.45, 2.75) is 0 Å². The zero-order valence-electron chi connectivity index (χ0n) is 6.42. The fourth-order valence-electron chi connectivity index (χ4n) is 0.613. The topological polar surface area (TPSA) is 67.5 Å². The van der Waals surface area contributed by atoms with Crippen molar-refractivity contribution in [3.8, 4) is 0 Å². The Hall–Kier alpha value is -1.58. The number of likely N-dealkylation sites (N-methyl/N-ethyl adjacent to an activating group) is 1. The third kappa shape index (κ3) is 2.25. The summed E-state index contributed by atoms with van der Waals surface area (Å²) in [5.74, 6) is -0.621. The molecule has 0 aromatic heterocycles. The zero-order chi connectivity index (χ0) is 8.85. The molecule has 1 amide bonds. The molecule has 0 aliphatic carbocycles. The first-order valence-electron chi connectivity index (χ1n) is 2.98. The van der Waals surface area contributed by atoms with Gasteiger partial charge in [-0.15, -0.1) is 0 Å². The first kappa shape index (κ1) is 9.42. The van der Waals surface area contributed by atoms with E-state index < -0.39 is 5.91 Å². The maximum absolute atomic E-state index is 10.6. The van der Waals surface area contributed by atoms with Gasteiger partial charge in [0, 0.05) is 7.05 Å². The lowest BCUT2D eigenvalue weighted by Crippen LogP contribution is -2.18. The van der Waals surface area contributed by atoms with Crippen LogP contribution < -0.4 is 11.1 Å². The maximum Gasteiger partial charge on any atom is 0.269 e. The summed E-state index contributed by atoms with van der Waals surface area (Å²) in [6.07, 6.45) is 1.45. The van der Waals surface area contributed by atoms with Crippen molar-refractivity contribution in [3.05, 3.63) is 24.0 Å². The number of nitrogens with two attached hydrogens (primary N) is 1. The Morgan fingerprint density at radius 3 is 2.36 bits per heavy atom. The molecule has 4 heteroatoms. The maximum atomic E-state index is 10.6. The standard InChI is InChI=1S/C7H11N3O/c1-4-5(9-2)6(10-3)7(8)11/h4,9H,1,3H2,2H3,(H2,8,11)/b6-5+. The van der Waals surface area contributed by atoms with E-state index >= 15 is 0 Å². The summed E-state index contributed by atoms with van der Waals surface area (Å²) in [5, 5.41) is 2.71. The SMILES string of the molecule is C=C/C(NC)=C(\N=C)C(N)=O. The van der Waals surface area contributed by atoms with Crippen LogP contribution in [0.25, 0.3) is 0 Å². The highest BCUT2D eigenvalue weighted by molar-refractivity contribution is 5.93. The lowest BCUT2D eigenvalue weighted by molar-refractivity contribution is -0.114. The number of carbonyl (C=O) groups excluding carboxylic acids is 1. The molecule has 0 aliphatic heterocycles. The van der Waals surface area contributed by atoms with Gasteiger partial charge in [0.15, 0.2) is 0 Å². The molecule has 3 N–H and O–H groups in total. The lowest BCUT2D eigenvalue weighted by atomic mass is 10.3. The van der Waals surface area contributed by atoms with Crippen molar-refractivity contribution in [1.82, 2.24) is 5.32 Å². The number of allylic oxidation sites excluding steroid dienone is 1. The van der Waals surface area contributed by atoms with E-state index in [0.717, 1.165) is 0 Å². The van der Waals surface area contributed by atoms with E-state index in [-0.39, 0.29) is 5.70 Å². The van der Waals surface area contributed by atoms with E-state index in [1.165, 1.54) is 6.08 Å². The summed E-state index contributed by atoms with van der Waals surface area (Å²) >= 11 is 0. The molecule has 0 saturated carbocycles. The predicted molar refractivity (Wildman–Crippen MR) is 45.0 cm³/mol. The molecule has 4 nitrogen and oxygen atoms in total. The third-order valence-electron chi connectivity index (χ3n) is 1.12. The number of amides is 1. The van der Waals surface area contributed by atoms with Crippen LogP contribution in [0.15, 0.2) is 29.0 Å². The Labute approximate surface area is 65.5 Å². The molecule has 0 aliphatic rings. The predicted octanol–water partition coefficient (Wildman–Crippen LogP) is -0.211. The van der Waals surface area contributed by atoms with Crippen LogP contribution in [0, 0.1) is 0 Å². The third-order valence-corrected chi connectivity index (χ3v) is 1.12. The monoisotopic (exact) mass is 153 g/mol. The van der Waals surface area contributed by atoms with Crippen molar-refractivity contribution in [3.63, 3.8) is 0 Å². The smallest absolute Gasteiger partial charge is 0.269 e. The molecule has 0 rings (SSSR count). The van der Waals surface area contributed by atoms with Gasteiger partial charge in [-0.25, -0.2) is 0 Å². The molecule has 0 atom stereocenters. The van der Waals surface area contributed by atoms with Crippen molar-refractivity contribution in [2.24, 2.45) is 10.7 Å². The largest absolute Gasteiger partial charge is 0.386 e. The van der Waals surface area contributed by atoms with Crippen LogP contribution in [0.3, 0.4) is 0 Å².